The van der Waals surface area contributed by atoms with Gasteiger partial charge in [0.2, 0.25) is 0 Å². The van der Waals surface area contributed by atoms with Gasteiger partial charge in [0.15, 0.2) is 0 Å². The Hall–Kier alpha value is -1.21. The van der Waals surface area contributed by atoms with Crippen LogP contribution >= 0.6 is 27.5 Å². The Balaban J connectivity index is 3.43. The molecule has 0 saturated carbocycles. The monoisotopic (exact) mass is 280 g/mol. The van der Waals surface area contributed by atoms with Gasteiger partial charge in [0.05, 0.1) is 20.9 Å². The molecule has 1 rings (SSSR count). The predicted octanol–water partition coefficient (Wildman–Crippen LogP) is 2.92. The van der Waals surface area contributed by atoms with Crippen LogP contribution in [0.5, 0.6) is 0 Å². The standard InChI is InChI=1S/C6H2BrClN2O4/c7-6-4(8)1-3(9(11)12)2-5(6)10(13)14/h1-2H. The molecule has 0 bridgehead atoms. The molecule has 0 radical (unpaired) electrons. The van der Waals surface area contributed by atoms with Crippen molar-refractivity contribution in [1.82, 2.24) is 0 Å². The minimum absolute atomic E-state index is 0.0368. The van der Waals surface area contributed by atoms with Crippen molar-refractivity contribution in [2.24, 2.45) is 0 Å². The molecule has 0 aliphatic rings. The molecular weight excluding hydrogens is 279 g/mol. The molecule has 0 atom stereocenters. The Morgan fingerprint density at radius 3 is 2.21 bits per heavy atom. The molecule has 0 aromatic heterocycles. The first-order valence-electron chi connectivity index (χ1n) is 3.21. The number of non-ortho nitro benzene ring substituents is 1. The molecule has 8 heteroatoms. The van der Waals surface area contributed by atoms with E-state index >= 15 is 0 Å². The van der Waals surface area contributed by atoms with Gasteiger partial charge in [-0.2, -0.15) is 0 Å². The van der Waals surface area contributed by atoms with Crippen LogP contribution in [0.4, 0.5) is 11.4 Å². The molecule has 0 amide bonds. The largest absolute Gasteiger partial charge is 0.291 e. The summed E-state index contributed by atoms with van der Waals surface area (Å²) in [5, 5.41) is 20.7. The smallest absolute Gasteiger partial charge is 0.258 e. The van der Waals surface area contributed by atoms with E-state index in [4.69, 9.17) is 11.6 Å². The molecule has 0 aliphatic heterocycles. The van der Waals surface area contributed by atoms with Gasteiger partial charge >= 0.3 is 0 Å². The number of halogens is 2. The SMILES string of the molecule is O=[N+]([O-])c1cc(Cl)c(Br)c([N+](=O)[O-])c1. The van der Waals surface area contributed by atoms with Gasteiger partial charge in [-0.15, -0.1) is 0 Å². The highest BCUT2D eigenvalue weighted by molar-refractivity contribution is 9.10. The van der Waals surface area contributed by atoms with E-state index in [1.165, 1.54) is 0 Å². The second kappa shape index (κ2) is 3.89. The maximum absolute atomic E-state index is 10.4. The minimum Gasteiger partial charge on any atom is -0.258 e. The zero-order valence-electron chi connectivity index (χ0n) is 6.44. The molecule has 0 spiro atoms. The van der Waals surface area contributed by atoms with Gasteiger partial charge < -0.3 is 0 Å². The summed E-state index contributed by atoms with van der Waals surface area (Å²) in [5.74, 6) is 0. The van der Waals surface area contributed by atoms with Crippen LogP contribution in [-0.4, -0.2) is 9.85 Å². The van der Waals surface area contributed by atoms with Crippen LogP contribution in [0, 0.1) is 20.2 Å². The Labute approximate surface area is 90.9 Å². The number of rotatable bonds is 2. The number of nitrogens with zero attached hydrogens (tertiary/aromatic N) is 2. The van der Waals surface area contributed by atoms with Gasteiger partial charge in [-0.1, -0.05) is 11.6 Å². The van der Waals surface area contributed by atoms with Crippen LogP contribution in [0.1, 0.15) is 0 Å². The predicted molar refractivity (Wildman–Crippen MR) is 52.5 cm³/mol. The van der Waals surface area contributed by atoms with Crippen molar-refractivity contribution in [1.29, 1.82) is 0 Å². The molecule has 1 aromatic carbocycles. The first-order chi connectivity index (χ1) is 6.43. The molecule has 74 valence electrons. The topological polar surface area (TPSA) is 86.3 Å². The summed E-state index contributed by atoms with van der Waals surface area (Å²) >= 11 is 8.42. The van der Waals surface area contributed by atoms with E-state index in [9.17, 15) is 20.2 Å². The summed E-state index contributed by atoms with van der Waals surface area (Å²) in [6.45, 7) is 0. The van der Waals surface area contributed by atoms with Crippen LogP contribution in [-0.2, 0) is 0 Å². The summed E-state index contributed by atoms with van der Waals surface area (Å²) in [4.78, 5) is 19.3. The Kier molecular flexibility index (Phi) is 3.02. The lowest BCUT2D eigenvalue weighted by molar-refractivity contribution is -0.394. The van der Waals surface area contributed by atoms with Crippen LogP contribution < -0.4 is 0 Å². The van der Waals surface area contributed by atoms with E-state index < -0.39 is 21.2 Å². The first kappa shape index (κ1) is 10.9. The average Bonchev–Trinajstić information content (AvgIpc) is 2.08. The number of benzene rings is 1. The van der Waals surface area contributed by atoms with Crippen molar-refractivity contribution in [2.45, 2.75) is 0 Å². The number of nitro groups is 2. The second-order valence-corrected chi connectivity index (χ2v) is 3.48. The molecule has 0 fully saturated rings. The Bertz CT molecular complexity index is 423. The van der Waals surface area contributed by atoms with Gasteiger partial charge in [-0.25, -0.2) is 0 Å². The summed E-state index contributed by atoms with van der Waals surface area (Å²) in [5.41, 5.74) is -0.839. The lowest BCUT2D eigenvalue weighted by Crippen LogP contribution is -1.94. The third-order valence-corrected chi connectivity index (χ3v) is 2.76. The molecule has 6 nitrogen and oxygen atoms in total. The summed E-state index contributed by atoms with van der Waals surface area (Å²) in [6.07, 6.45) is 0. The third kappa shape index (κ3) is 1.99. The van der Waals surface area contributed by atoms with Gasteiger partial charge in [0.1, 0.15) is 4.47 Å². The molecule has 0 unspecified atom stereocenters. The number of nitro benzene ring substituents is 2. The fourth-order valence-electron chi connectivity index (χ4n) is 0.799. The highest BCUT2D eigenvalue weighted by atomic mass is 79.9. The quantitative estimate of drug-likeness (QED) is 0.616. The van der Waals surface area contributed by atoms with E-state index in [0.29, 0.717) is 0 Å². The first-order valence-corrected chi connectivity index (χ1v) is 4.38. The fourth-order valence-corrected chi connectivity index (χ4v) is 1.38. The normalized spacial score (nSPS) is 9.86. The lowest BCUT2D eigenvalue weighted by atomic mass is 10.3. The molecule has 1 aromatic rings. The van der Waals surface area contributed by atoms with E-state index in [0.717, 1.165) is 12.1 Å². The van der Waals surface area contributed by atoms with Gasteiger partial charge in [0.25, 0.3) is 11.4 Å². The van der Waals surface area contributed by atoms with Crippen molar-refractivity contribution < 1.29 is 9.85 Å². The second-order valence-electron chi connectivity index (χ2n) is 2.27. The zero-order chi connectivity index (χ0) is 10.9. The average molecular weight is 281 g/mol. The minimum atomic E-state index is -0.747. The third-order valence-electron chi connectivity index (χ3n) is 1.40. The molecule has 0 aliphatic carbocycles. The van der Waals surface area contributed by atoms with Crippen LogP contribution in [0.3, 0.4) is 0 Å². The summed E-state index contributed by atoms with van der Waals surface area (Å²) in [7, 11) is 0. The highest BCUT2D eigenvalue weighted by Crippen LogP contribution is 2.35. The summed E-state index contributed by atoms with van der Waals surface area (Å²) in [6, 6.07) is 1.88. The summed E-state index contributed by atoms with van der Waals surface area (Å²) < 4.78 is 0.0368. The maximum Gasteiger partial charge on any atom is 0.291 e. The van der Waals surface area contributed by atoms with E-state index in [1.807, 2.05) is 0 Å². The maximum atomic E-state index is 10.4. The van der Waals surface area contributed by atoms with Gasteiger partial charge in [0, 0.05) is 6.07 Å². The van der Waals surface area contributed by atoms with Crippen molar-refractivity contribution >= 4 is 38.9 Å². The number of hydrogen-bond donors (Lipinski definition) is 0. The fraction of sp³-hybridized carbons (Fsp3) is 0. The zero-order valence-corrected chi connectivity index (χ0v) is 8.78. The van der Waals surface area contributed by atoms with Crippen molar-refractivity contribution in [3.63, 3.8) is 0 Å². The van der Waals surface area contributed by atoms with Gasteiger partial charge in [-0.05, 0) is 15.9 Å². The van der Waals surface area contributed by atoms with Crippen LogP contribution in [0.2, 0.25) is 5.02 Å². The molecule has 0 heterocycles. The Morgan fingerprint density at radius 2 is 1.79 bits per heavy atom. The van der Waals surface area contributed by atoms with Crippen LogP contribution in [0.15, 0.2) is 16.6 Å². The number of hydrogen-bond acceptors (Lipinski definition) is 4. The molecule has 14 heavy (non-hydrogen) atoms. The molecule has 0 N–H and O–H groups in total. The van der Waals surface area contributed by atoms with Crippen molar-refractivity contribution in [3.05, 3.63) is 41.9 Å². The van der Waals surface area contributed by atoms with E-state index in [-0.39, 0.29) is 9.50 Å². The highest BCUT2D eigenvalue weighted by Gasteiger charge is 2.21. The lowest BCUT2D eigenvalue weighted by Gasteiger charge is -1.97. The van der Waals surface area contributed by atoms with Crippen molar-refractivity contribution in [2.75, 3.05) is 0 Å². The van der Waals surface area contributed by atoms with E-state index in [2.05, 4.69) is 15.9 Å². The molecular formula is C6H2BrClN2O4. The van der Waals surface area contributed by atoms with E-state index in [1.54, 1.807) is 0 Å². The molecule has 0 saturated heterocycles. The van der Waals surface area contributed by atoms with Crippen molar-refractivity contribution in [3.8, 4) is 0 Å². The Morgan fingerprint density at radius 1 is 1.21 bits per heavy atom. The van der Waals surface area contributed by atoms with Gasteiger partial charge in [-0.3, -0.25) is 20.2 Å². The van der Waals surface area contributed by atoms with Crippen LogP contribution in [0.25, 0.3) is 0 Å².